The number of amides is 1. The summed E-state index contributed by atoms with van der Waals surface area (Å²) in [7, 11) is 1.82. The second kappa shape index (κ2) is 6.93. The highest BCUT2D eigenvalue weighted by Gasteiger charge is 2.45. The van der Waals surface area contributed by atoms with Crippen LogP contribution in [0.2, 0.25) is 0 Å². The molecule has 2 aliphatic rings. The van der Waals surface area contributed by atoms with Crippen LogP contribution >= 0.6 is 0 Å². The summed E-state index contributed by atoms with van der Waals surface area (Å²) in [6.07, 6.45) is 2.65. The number of hydrogen-bond acceptors (Lipinski definition) is 4. The van der Waals surface area contributed by atoms with E-state index in [-0.39, 0.29) is 17.6 Å². The topological polar surface area (TPSA) is 45.1 Å². The molecular weight excluding hydrogens is 302 g/mol. The molecule has 1 spiro atoms. The van der Waals surface area contributed by atoms with Crippen molar-refractivity contribution in [3.05, 3.63) is 35.9 Å². The summed E-state index contributed by atoms with van der Waals surface area (Å²) in [5.74, 6) is -0.0120. The molecule has 1 atom stereocenters. The monoisotopic (exact) mass is 329 g/mol. The third-order valence-electron chi connectivity index (χ3n) is 5.05. The van der Waals surface area contributed by atoms with Gasteiger partial charge >= 0.3 is 0 Å². The van der Waals surface area contributed by atoms with Gasteiger partial charge in [-0.05, 0) is 38.8 Å². The largest absolute Gasteiger partial charge is 0.387 e. The van der Waals surface area contributed by atoms with Gasteiger partial charge < -0.3 is 9.74 Å². The van der Waals surface area contributed by atoms with E-state index < -0.39 is 0 Å². The van der Waals surface area contributed by atoms with Crippen molar-refractivity contribution in [2.24, 2.45) is 5.16 Å². The first-order chi connectivity index (χ1) is 11.5. The summed E-state index contributed by atoms with van der Waals surface area (Å²) in [4.78, 5) is 22.4. The molecule has 1 saturated heterocycles. The number of benzene rings is 1. The van der Waals surface area contributed by atoms with Crippen LogP contribution in [0.15, 0.2) is 35.5 Å². The lowest BCUT2D eigenvalue weighted by Gasteiger charge is -2.38. The lowest BCUT2D eigenvalue weighted by Crippen LogP contribution is -2.48. The standard InChI is InChI=1S/C19H27N3O2/c1-15(2)21(3)18(23)17-12-19(24-20-17)10-7-11-22(14-19)13-16-8-5-4-6-9-16/h4-6,8-9,15H,7,10-14H2,1-3H3. The predicted molar refractivity (Wildman–Crippen MR) is 94.7 cm³/mol. The summed E-state index contributed by atoms with van der Waals surface area (Å²) in [5.41, 5.74) is 1.55. The first-order valence-corrected chi connectivity index (χ1v) is 8.78. The molecule has 1 aromatic rings. The summed E-state index contributed by atoms with van der Waals surface area (Å²) in [6, 6.07) is 10.7. The number of likely N-dealkylation sites (tertiary alicyclic amines) is 1. The van der Waals surface area contributed by atoms with Crippen molar-refractivity contribution in [2.75, 3.05) is 20.1 Å². The van der Waals surface area contributed by atoms with Crippen molar-refractivity contribution in [3.8, 4) is 0 Å². The molecule has 1 fully saturated rings. The predicted octanol–water partition coefficient (Wildman–Crippen LogP) is 2.66. The van der Waals surface area contributed by atoms with Gasteiger partial charge in [-0.3, -0.25) is 9.69 Å². The Balaban J connectivity index is 1.62. The van der Waals surface area contributed by atoms with E-state index in [9.17, 15) is 4.79 Å². The molecule has 1 unspecified atom stereocenters. The molecule has 5 heteroatoms. The summed E-state index contributed by atoms with van der Waals surface area (Å²) in [6.45, 7) is 6.82. The van der Waals surface area contributed by atoms with E-state index >= 15 is 0 Å². The second-order valence-corrected chi connectivity index (χ2v) is 7.30. The maximum absolute atomic E-state index is 12.5. The molecule has 0 N–H and O–H groups in total. The second-order valence-electron chi connectivity index (χ2n) is 7.30. The Morgan fingerprint density at radius 2 is 2.12 bits per heavy atom. The van der Waals surface area contributed by atoms with Crippen LogP contribution in [0, 0.1) is 0 Å². The van der Waals surface area contributed by atoms with Crippen LogP contribution in [0.1, 0.15) is 38.7 Å². The zero-order valence-electron chi connectivity index (χ0n) is 14.9. The van der Waals surface area contributed by atoms with Crippen LogP contribution in [0.5, 0.6) is 0 Å². The summed E-state index contributed by atoms with van der Waals surface area (Å²) in [5, 5.41) is 4.16. The molecule has 3 rings (SSSR count). The van der Waals surface area contributed by atoms with Crippen LogP contribution < -0.4 is 0 Å². The van der Waals surface area contributed by atoms with Gasteiger partial charge in [-0.25, -0.2) is 0 Å². The molecule has 0 bridgehead atoms. The number of rotatable bonds is 4. The average Bonchev–Trinajstić information content (AvgIpc) is 2.97. The summed E-state index contributed by atoms with van der Waals surface area (Å²) < 4.78 is 0. The molecular formula is C19H27N3O2. The molecule has 0 saturated carbocycles. The number of carbonyl (C=O) groups excluding carboxylic acids is 1. The SMILES string of the molecule is CC(C)N(C)C(=O)C1=NOC2(CCCN(Cc3ccccc3)C2)C1. The van der Waals surface area contributed by atoms with Gasteiger partial charge in [-0.1, -0.05) is 35.5 Å². The van der Waals surface area contributed by atoms with Crippen molar-refractivity contribution in [1.82, 2.24) is 9.80 Å². The molecule has 2 heterocycles. The van der Waals surface area contributed by atoms with E-state index in [4.69, 9.17) is 4.84 Å². The number of carbonyl (C=O) groups is 1. The molecule has 0 aromatic heterocycles. The Labute approximate surface area is 144 Å². The molecule has 130 valence electrons. The Bertz CT molecular complexity index is 614. The highest BCUT2D eigenvalue weighted by atomic mass is 16.7. The number of hydrogen-bond donors (Lipinski definition) is 0. The van der Waals surface area contributed by atoms with E-state index in [2.05, 4.69) is 34.3 Å². The zero-order chi connectivity index (χ0) is 17.2. The minimum Gasteiger partial charge on any atom is -0.387 e. The normalized spacial score (nSPS) is 24.1. The lowest BCUT2D eigenvalue weighted by atomic mass is 9.87. The van der Waals surface area contributed by atoms with Gasteiger partial charge in [-0.2, -0.15) is 0 Å². The van der Waals surface area contributed by atoms with Gasteiger partial charge in [0, 0.05) is 32.6 Å². The molecule has 0 radical (unpaired) electrons. The summed E-state index contributed by atoms with van der Waals surface area (Å²) >= 11 is 0. The van der Waals surface area contributed by atoms with Crippen LogP contribution in [-0.2, 0) is 16.2 Å². The van der Waals surface area contributed by atoms with Crippen molar-refractivity contribution in [3.63, 3.8) is 0 Å². The van der Waals surface area contributed by atoms with Crippen LogP contribution in [0.3, 0.4) is 0 Å². The number of piperidine rings is 1. The Morgan fingerprint density at radius 3 is 2.83 bits per heavy atom. The maximum atomic E-state index is 12.5. The maximum Gasteiger partial charge on any atom is 0.271 e. The van der Waals surface area contributed by atoms with Crippen molar-refractivity contribution < 1.29 is 9.63 Å². The molecule has 1 aromatic carbocycles. The lowest BCUT2D eigenvalue weighted by molar-refractivity contribution is -0.124. The van der Waals surface area contributed by atoms with Gasteiger partial charge in [0.25, 0.3) is 5.91 Å². The quantitative estimate of drug-likeness (QED) is 0.853. The van der Waals surface area contributed by atoms with E-state index in [0.29, 0.717) is 12.1 Å². The van der Waals surface area contributed by atoms with Crippen LogP contribution in [0.25, 0.3) is 0 Å². The van der Waals surface area contributed by atoms with Gasteiger partial charge in [0.05, 0.1) is 0 Å². The van der Waals surface area contributed by atoms with E-state index in [1.165, 1.54) is 5.56 Å². The highest BCUT2D eigenvalue weighted by molar-refractivity contribution is 6.39. The Kier molecular flexibility index (Phi) is 4.90. The fourth-order valence-corrected chi connectivity index (χ4v) is 3.46. The third-order valence-corrected chi connectivity index (χ3v) is 5.05. The Morgan fingerprint density at radius 1 is 1.38 bits per heavy atom. The fourth-order valence-electron chi connectivity index (χ4n) is 3.46. The molecule has 0 aliphatic carbocycles. The zero-order valence-corrected chi connectivity index (χ0v) is 14.9. The first-order valence-electron chi connectivity index (χ1n) is 8.78. The number of oxime groups is 1. The minimum absolute atomic E-state index is 0.0120. The van der Waals surface area contributed by atoms with Gasteiger partial charge in [0.2, 0.25) is 0 Å². The van der Waals surface area contributed by atoms with Crippen LogP contribution in [-0.4, -0.2) is 53.2 Å². The molecule has 1 amide bonds. The van der Waals surface area contributed by atoms with Crippen LogP contribution in [0.4, 0.5) is 0 Å². The smallest absolute Gasteiger partial charge is 0.271 e. The fraction of sp³-hybridized carbons (Fsp3) is 0.579. The van der Waals surface area contributed by atoms with Gasteiger partial charge in [0.15, 0.2) is 5.60 Å². The Hall–Kier alpha value is -1.88. The van der Waals surface area contributed by atoms with Gasteiger partial charge in [0.1, 0.15) is 5.71 Å². The van der Waals surface area contributed by atoms with E-state index in [1.807, 2.05) is 27.0 Å². The van der Waals surface area contributed by atoms with E-state index in [0.717, 1.165) is 32.5 Å². The van der Waals surface area contributed by atoms with Gasteiger partial charge in [-0.15, -0.1) is 0 Å². The van der Waals surface area contributed by atoms with Crippen molar-refractivity contribution in [1.29, 1.82) is 0 Å². The minimum atomic E-state index is -0.324. The highest BCUT2D eigenvalue weighted by Crippen LogP contribution is 2.34. The number of nitrogens with zero attached hydrogens (tertiary/aromatic N) is 3. The third kappa shape index (κ3) is 3.61. The van der Waals surface area contributed by atoms with E-state index in [1.54, 1.807) is 4.90 Å². The molecule has 2 aliphatic heterocycles. The average molecular weight is 329 g/mol. The van der Waals surface area contributed by atoms with Crippen molar-refractivity contribution >= 4 is 11.6 Å². The first kappa shape index (κ1) is 17.0. The molecule has 24 heavy (non-hydrogen) atoms. The van der Waals surface area contributed by atoms with Crippen molar-refractivity contribution in [2.45, 2.75) is 51.3 Å². The molecule has 5 nitrogen and oxygen atoms in total.